The van der Waals surface area contributed by atoms with Gasteiger partial charge >= 0.3 is 0 Å². The fourth-order valence-electron chi connectivity index (χ4n) is 3.27. The summed E-state index contributed by atoms with van der Waals surface area (Å²) in [6.45, 7) is 2.74. The number of carbonyl (C=O) groups is 2. The molecule has 4 rings (SSSR count). The molecular formula is C26H20Br2N2O4S2. The second-order valence-electron chi connectivity index (χ2n) is 7.52. The van der Waals surface area contributed by atoms with E-state index in [0.717, 1.165) is 36.8 Å². The molecule has 0 aromatic heterocycles. The maximum Gasteiger partial charge on any atom is 0.285 e. The lowest BCUT2D eigenvalue weighted by atomic mass is 10.1. The number of benzene rings is 3. The van der Waals surface area contributed by atoms with Gasteiger partial charge in [0.15, 0.2) is 15.8 Å². The Hall–Kier alpha value is -2.66. The molecule has 0 saturated carbocycles. The van der Waals surface area contributed by atoms with E-state index in [1.54, 1.807) is 30.3 Å². The van der Waals surface area contributed by atoms with Crippen molar-refractivity contribution in [3.05, 3.63) is 97.3 Å². The van der Waals surface area contributed by atoms with Gasteiger partial charge in [0.2, 0.25) is 0 Å². The number of carbonyl (C=O) groups excluding carboxylic acids is 2. The van der Waals surface area contributed by atoms with Crippen molar-refractivity contribution in [2.24, 2.45) is 0 Å². The van der Waals surface area contributed by atoms with Gasteiger partial charge in [-0.15, -0.1) is 0 Å². The van der Waals surface area contributed by atoms with Crippen molar-refractivity contribution in [2.75, 3.05) is 6.61 Å². The third-order valence-electron chi connectivity index (χ3n) is 4.96. The second-order valence-corrected chi connectivity index (χ2v) is 11.0. The molecule has 0 aliphatic carbocycles. The number of thiocarbonyl (C=S) groups is 1. The third kappa shape index (κ3) is 6.56. The average Bonchev–Trinajstić information content (AvgIpc) is 3.11. The first kappa shape index (κ1) is 26.4. The van der Waals surface area contributed by atoms with E-state index < -0.39 is 11.8 Å². The molecule has 0 unspecified atom stereocenters. The fraction of sp³-hybridized carbons (Fsp3) is 0.115. The molecule has 10 heteroatoms. The van der Waals surface area contributed by atoms with Crippen LogP contribution in [0.5, 0.6) is 11.5 Å². The summed E-state index contributed by atoms with van der Waals surface area (Å²) in [4.78, 5) is 25.9. The molecule has 3 aromatic carbocycles. The predicted molar refractivity (Wildman–Crippen MR) is 153 cm³/mol. The van der Waals surface area contributed by atoms with Crippen molar-refractivity contribution < 1.29 is 19.1 Å². The zero-order chi connectivity index (χ0) is 25.7. The van der Waals surface area contributed by atoms with Crippen LogP contribution in [0, 0.1) is 0 Å². The zero-order valence-electron chi connectivity index (χ0n) is 19.0. The first-order valence-electron chi connectivity index (χ1n) is 10.8. The van der Waals surface area contributed by atoms with Gasteiger partial charge in [-0.1, -0.05) is 61.8 Å². The van der Waals surface area contributed by atoms with Gasteiger partial charge in [-0.3, -0.25) is 15.0 Å². The molecule has 184 valence electrons. The number of hydrazine groups is 1. The monoisotopic (exact) mass is 646 g/mol. The first-order valence-corrected chi connectivity index (χ1v) is 13.6. The normalized spacial score (nSPS) is 14.3. The lowest BCUT2D eigenvalue weighted by Gasteiger charge is -2.15. The Morgan fingerprint density at radius 2 is 1.81 bits per heavy atom. The summed E-state index contributed by atoms with van der Waals surface area (Å²) in [7, 11) is 0. The third-order valence-corrected chi connectivity index (χ3v) is 7.29. The van der Waals surface area contributed by atoms with Crippen LogP contribution in [0.4, 0.5) is 0 Å². The summed E-state index contributed by atoms with van der Waals surface area (Å²) < 4.78 is 13.8. The van der Waals surface area contributed by atoms with Gasteiger partial charge < -0.3 is 9.47 Å². The maximum absolute atomic E-state index is 13.0. The summed E-state index contributed by atoms with van der Waals surface area (Å²) in [5.74, 6) is 0.345. The lowest BCUT2D eigenvalue weighted by Crippen LogP contribution is -2.44. The van der Waals surface area contributed by atoms with E-state index >= 15 is 0 Å². The van der Waals surface area contributed by atoms with Crippen LogP contribution in [0.3, 0.4) is 0 Å². The van der Waals surface area contributed by atoms with E-state index in [1.807, 2.05) is 49.4 Å². The van der Waals surface area contributed by atoms with Gasteiger partial charge in [-0.25, -0.2) is 0 Å². The molecule has 1 aliphatic heterocycles. The van der Waals surface area contributed by atoms with Crippen molar-refractivity contribution in [3.8, 4) is 11.5 Å². The summed E-state index contributed by atoms with van der Waals surface area (Å²) in [6, 6.07) is 20.2. The van der Waals surface area contributed by atoms with Crippen molar-refractivity contribution in [3.63, 3.8) is 0 Å². The molecule has 0 spiro atoms. The predicted octanol–water partition coefficient (Wildman–Crippen LogP) is 6.74. The minimum atomic E-state index is -0.425. The van der Waals surface area contributed by atoms with Gasteiger partial charge in [-0.05, 0) is 84.9 Å². The fourth-order valence-corrected chi connectivity index (χ4v) is 5.16. The van der Waals surface area contributed by atoms with Crippen LogP contribution in [-0.2, 0) is 11.4 Å². The number of ether oxygens (including phenoxy) is 2. The zero-order valence-corrected chi connectivity index (χ0v) is 23.8. The topological polar surface area (TPSA) is 67.9 Å². The van der Waals surface area contributed by atoms with Crippen molar-refractivity contribution >= 4 is 78.1 Å². The van der Waals surface area contributed by atoms with Crippen LogP contribution in [0.2, 0.25) is 0 Å². The number of nitrogens with one attached hydrogen (secondary N) is 1. The molecule has 1 N–H and O–H groups in total. The van der Waals surface area contributed by atoms with E-state index in [1.165, 1.54) is 0 Å². The SMILES string of the molecule is CCOc1cc(/C=C2/SC(=S)N(NC(=O)c3ccc(Br)cc3)C2=O)ccc1OCc1cccc(Br)c1. The minimum Gasteiger partial charge on any atom is -0.490 e. The molecule has 1 saturated heterocycles. The standard InChI is InChI=1S/C26H20Br2N2O4S2/c1-2-33-22-13-16(6-11-21(22)34-15-17-4-3-5-20(28)12-17)14-23-25(32)30(26(35)36-23)29-24(31)18-7-9-19(27)10-8-18/h3-14H,2,15H2,1H3,(H,29,31)/b23-14+. The molecule has 1 heterocycles. The Kier molecular flexibility index (Phi) is 8.84. The highest BCUT2D eigenvalue weighted by atomic mass is 79.9. The number of amides is 2. The minimum absolute atomic E-state index is 0.246. The molecule has 0 atom stereocenters. The van der Waals surface area contributed by atoms with Crippen LogP contribution in [0.25, 0.3) is 6.08 Å². The van der Waals surface area contributed by atoms with Crippen molar-refractivity contribution in [1.29, 1.82) is 0 Å². The highest BCUT2D eigenvalue weighted by Crippen LogP contribution is 2.34. The molecule has 6 nitrogen and oxygen atoms in total. The molecule has 3 aromatic rings. The van der Waals surface area contributed by atoms with Gasteiger partial charge in [-0.2, -0.15) is 5.01 Å². The number of thioether (sulfide) groups is 1. The van der Waals surface area contributed by atoms with Crippen molar-refractivity contribution in [1.82, 2.24) is 10.4 Å². The van der Waals surface area contributed by atoms with Crippen molar-refractivity contribution in [2.45, 2.75) is 13.5 Å². The smallest absolute Gasteiger partial charge is 0.285 e. The molecular weight excluding hydrogens is 628 g/mol. The van der Waals surface area contributed by atoms with Crippen LogP contribution in [-0.4, -0.2) is 27.8 Å². The Morgan fingerprint density at radius 3 is 2.53 bits per heavy atom. The highest BCUT2D eigenvalue weighted by Gasteiger charge is 2.33. The summed E-state index contributed by atoms with van der Waals surface area (Å²) in [6.07, 6.45) is 1.71. The van der Waals surface area contributed by atoms with Crippen LogP contribution < -0.4 is 14.9 Å². The summed E-state index contributed by atoms with van der Waals surface area (Å²) >= 11 is 13.3. The van der Waals surface area contributed by atoms with Gasteiger partial charge in [0.1, 0.15) is 6.61 Å². The largest absolute Gasteiger partial charge is 0.490 e. The first-order chi connectivity index (χ1) is 17.3. The Bertz CT molecular complexity index is 1350. The summed E-state index contributed by atoms with van der Waals surface area (Å²) in [5, 5.41) is 1.09. The second kappa shape index (κ2) is 12.1. The molecule has 36 heavy (non-hydrogen) atoms. The Labute approximate surface area is 235 Å². The van der Waals surface area contributed by atoms with E-state index in [9.17, 15) is 9.59 Å². The number of hydrogen-bond donors (Lipinski definition) is 1. The number of nitrogens with zero attached hydrogens (tertiary/aromatic N) is 1. The van der Waals surface area contributed by atoms with Gasteiger partial charge in [0.05, 0.1) is 11.5 Å². The number of halogens is 2. The van der Waals surface area contributed by atoms with Crippen LogP contribution >= 0.6 is 55.8 Å². The van der Waals surface area contributed by atoms with E-state index in [0.29, 0.717) is 35.2 Å². The van der Waals surface area contributed by atoms with E-state index in [4.69, 9.17) is 21.7 Å². The van der Waals surface area contributed by atoms with E-state index in [2.05, 4.69) is 37.3 Å². The summed E-state index contributed by atoms with van der Waals surface area (Å²) in [5.41, 5.74) is 4.76. The number of hydrogen-bond acceptors (Lipinski definition) is 6. The molecule has 1 aliphatic rings. The molecule has 1 fully saturated rings. The number of rotatable bonds is 8. The van der Waals surface area contributed by atoms with E-state index in [-0.39, 0.29) is 4.32 Å². The average molecular weight is 648 g/mol. The molecule has 2 amide bonds. The van der Waals surface area contributed by atoms with Gasteiger partial charge in [0.25, 0.3) is 11.8 Å². The van der Waals surface area contributed by atoms with Crippen LogP contribution in [0.15, 0.2) is 80.6 Å². The lowest BCUT2D eigenvalue weighted by molar-refractivity contribution is -0.123. The van der Waals surface area contributed by atoms with Gasteiger partial charge in [0, 0.05) is 14.5 Å². The molecule has 0 bridgehead atoms. The van der Waals surface area contributed by atoms with Crippen LogP contribution in [0.1, 0.15) is 28.4 Å². The quantitative estimate of drug-likeness (QED) is 0.216. The molecule has 0 radical (unpaired) electrons. The highest BCUT2D eigenvalue weighted by molar-refractivity contribution is 9.10. The maximum atomic E-state index is 13.0. The Morgan fingerprint density at radius 1 is 1.03 bits per heavy atom. The Balaban J connectivity index is 1.48.